The summed E-state index contributed by atoms with van der Waals surface area (Å²) >= 11 is 0. The molecule has 0 aromatic rings. The molecule has 17 nitrogen and oxygen atoms in total. The number of phosphoric ester groups is 2. The Hall–Kier alpha value is -1.94. The zero-order valence-electron chi connectivity index (χ0n) is 65.3. The highest BCUT2D eigenvalue weighted by Crippen LogP contribution is 2.45. The van der Waals surface area contributed by atoms with Gasteiger partial charge in [-0.1, -0.05) is 381 Å². The van der Waals surface area contributed by atoms with Crippen LogP contribution >= 0.6 is 15.6 Å². The van der Waals surface area contributed by atoms with Gasteiger partial charge in [-0.2, -0.15) is 0 Å². The molecular formula is C81H158O17P2. The van der Waals surface area contributed by atoms with Crippen molar-refractivity contribution < 1.29 is 80.2 Å². The van der Waals surface area contributed by atoms with E-state index in [2.05, 4.69) is 34.6 Å². The van der Waals surface area contributed by atoms with Crippen LogP contribution in [0.5, 0.6) is 0 Å². The van der Waals surface area contributed by atoms with Crippen LogP contribution in [0.25, 0.3) is 0 Å². The fraction of sp³-hybridized carbons (Fsp3) is 0.951. The van der Waals surface area contributed by atoms with Gasteiger partial charge in [0.05, 0.1) is 26.4 Å². The van der Waals surface area contributed by atoms with E-state index in [0.717, 1.165) is 95.8 Å². The van der Waals surface area contributed by atoms with E-state index in [9.17, 15) is 43.2 Å². The Morgan fingerprint density at radius 2 is 0.460 bits per heavy atom. The third-order valence-corrected chi connectivity index (χ3v) is 20.9. The van der Waals surface area contributed by atoms with Gasteiger partial charge in [0.15, 0.2) is 12.2 Å². The molecule has 0 amide bonds. The molecule has 0 aromatic heterocycles. The smallest absolute Gasteiger partial charge is 0.462 e. The molecule has 0 aliphatic heterocycles. The second kappa shape index (κ2) is 73.9. The second-order valence-electron chi connectivity index (χ2n) is 29.6. The summed E-state index contributed by atoms with van der Waals surface area (Å²) in [6.07, 6.45) is 65.2. The second-order valence-corrected chi connectivity index (χ2v) is 32.5. The van der Waals surface area contributed by atoms with Crippen molar-refractivity contribution in [3.63, 3.8) is 0 Å². The minimum Gasteiger partial charge on any atom is -0.462 e. The molecule has 0 aliphatic carbocycles. The summed E-state index contributed by atoms with van der Waals surface area (Å²) in [6, 6.07) is 0. The number of aliphatic hydroxyl groups excluding tert-OH is 1. The number of esters is 4. The molecule has 0 saturated carbocycles. The third-order valence-electron chi connectivity index (χ3n) is 19.0. The van der Waals surface area contributed by atoms with Gasteiger partial charge in [0.1, 0.15) is 19.3 Å². The first-order valence-corrected chi connectivity index (χ1v) is 45.1. The largest absolute Gasteiger partial charge is 0.472 e. The third kappa shape index (κ3) is 74.3. The number of hydrogen-bond donors (Lipinski definition) is 3. The topological polar surface area (TPSA) is 237 Å². The van der Waals surface area contributed by atoms with Crippen molar-refractivity contribution in [3.8, 4) is 0 Å². The Labute approximate surface area is 613 Å². The molecule has 2 unspecified atom stereocenters. The molecule has 3 N–H and O–H groups in total. The Bertz CT molecular complexity index is 1910. The van der Waals surface area contributed by atoms with Gasteiger partial charge in [-0.25, -0.2) is 9.13 Å². The van der Waals surface area contributed by atoms with Gasteiger partial charge < -0.3 is 33.8 Å². The Balaban J connectivity index is 5.23. The van der Waals surface area contributed by atoms with E-state index < -0.39 is 97.5 Å². The molecule has 0 spiro atoms. The molecule has 19 heteroatoms. The van der Waals surface area contributed by atoms with E-state index in [1.54, 1.807) is 0 Å². The van der Waals surface area contributed by atoms with Crippen LogP contribution in [-0.4, -0.2) is 96.7 Å². The fourth-order valence-corrected chi connectivity index (χ4v) is 14.2. The van der Waals surface area contributed by atoms with Crippen molar-refractivity contribution in [2.24, 2.45) is 5.92 Å². The van der Waals surface area contributed by atoms with Crippen LogP contribution in [0.15, 0.2) is 0 Å². The summed E-state index contributed by atoms with van der Waals surface area (Å²) in [5.41, 5.74) is 0. The average Bonchev–Trinajstić information content (AvgIpc) is 0.956. The van der Waals surface area contributed by atoms with E-state index in [0.29, 0.717) is 25.7 Å². The Morgan fingerprint density at radius 1 is 0.270 bits per heavy atom. The van der Waals surface area contributed by atoms with Crippen LogP contribution in [0, 0.1) is 5.92 Å². The van der Waals surface area contributed by atoms with Crippen molar-refractivity contribution >= 4 is 39.5 Å². The van der Waals surface area contributed by atoms with Gasteiger partial charge in [0.25, 0.3) is 0 Å². The number of aliphatic hydroxyl groups is 1. The predicted molar refractivity (Wildman–Crippen MR) is 409 cm³/mol. The van der Waals surface area contributed by atoms with E-state index >= 15 is 0 Å². The number of ether oxygens (including phenoxy) is 4. The highest BCUT2D eigenvalue weighted by Gasteiger charge is 2.30. The first-order valence-electron chi connectivity index (χ1n) is 42.1. The SMILES string of the molecule is CCCCCCCCCCCCCCCCCCCCCCC(=O)O[C@H](COC(=O)CCCCCCCCCCCCCCCCCC)COP(=O)(O)OC[C@@H](O)COP(=O)(O)OC[C@@H](COC(=O)CCCCCCCCCCCCC)OC(=O)CCCCCCCCCCCCC(C)C. The van der Waals surface area contributed by atoms with Crippen molar-refractivity contribution in [3.05, 3.63) is 0 Å². The molecule has 0 fully saturated rings. The summed E-state index contributed by atoms with van der Waals surface area (Å²) in [5, 5.41) is 10.6. The van der Waals surface area contributed by atoms with E-state index in [1.807, 2.05) is 0 Å². The molecular weight excluding hydrogens is 1310 g/mol. The average molecular weight is 1470 g/mol. The summed E-state index contributed by atoms with van der Waals surface area (Å²) in [7, 11) is -9.92. The monoisotopic (exact) mass is 1470 g/mol. The summed E-state index contributed by atoms with van der Waals surface area (Å²) in [4.78, 5) is 73.0. The molecule has 0 aromatic carbocycles. The van der Waals surface area contributed by atoms with Gasteiger partial charge in [-0.05, 0) is 31.6 Å². The predicted octanol–water partition coefficient (Wildman–Crippen LogP) is 24.4. The Kier molecular flexibility index (Phi) is 72.5. The van der Waals surface area contributed by atoms with Gasteiger partial charge in [-0.3, -0.25) is 37.3 Å². The summed E-state index contributed by atoms with van der Waals surface area (Å²) in [6.45, 7) is 7.32. The lowest BCUT2D eigenvalue weighted by atomic mass is 10.0. The van der Waals surface area contributed by atoms with Crippen molar-refractivity contribution in [2.45, 2.75) is 451 Å². The van der Waals surface area contributed by atoms with Crippen LogP contribution in [0.1, 0.15) is 433 Å². The molecule has 5 atom stereocenters. The lowest BCUT2D eigenvalue weighted by molar-refractivity contribution is -0.161. The molecule has 0 aliphatic rings. The van der Waals surface area contributed by atoms with Crippen LogP contribution in [-0.2, 0) is 65.4 Å². The summed E-state index contributed by atoms with van der Waals surface area (Å²) < 4.78 is 68.7. The minimum absolute atomic E-state index is 0.107. The molecule has 0 rings (SSSR count). The van der Waals surface area contributed by atoms with Crippen molar-refractivity contribution in [2.75, 3.05) is 39.6 Å². The zero-order valence-corrected chi connectivity index (χ0v) is 67.1. The van der Waals surface area contributed by atoms with Crippen molar-refractivity contribution in [1.29, 1.82) is 0 Å². The summed E-state index contributed by atoms with van der Waals surface area (Å²) in [5.74, 6) is -1.35. The first kappa shape index (κ1) is 98.1. The highest BCUT2D eigenvalue weighted by atomic mass is 31.2. The molecule has 0 radical (unpaired) electrons. The van der Waals surface area contributed by atoms with Crippen LogP contribution < -0.4 is 0 Å². The first-order chi connectivity index (χ1) is 48.5. The maximum absolute atomic E-state index is 13.1. The molecule has 0 saturated heterocycles. The fourth-order valence-electron chi connectivity index (χ4n) is 12.6. The molecule has 0 heterocycles. The van der Waals surface area contributed by atoms with Crippen LogP contribution in [0.3, 0.4) is 0 Å². The number of unbranched alkanes of at least 4 members (excludes halogenated alkanes) is 53. The zero-order chi connectivity index (χ0) is 73.4. The number of rotatable bonds is 81. The Morgan fingerprint density at radius 3 is 0.680 bits per heavy atom. The molecule has 594 valence electrons. The van der Waals surface area contributed by atoms with Gasteiger partial charge in [0.2, 0.25) is 0 Å². The van der Waals surface area contributed by atoms with E-state index in [1.165, 1.54) is 257 Å². The number of hydrogen-bond acceptors (Lipinski definition) is 15. The van der Waals surface area contributed by atoms with Gasteiger partial charge >= 0.3 is 39.5 Å². The number of phosphoric acid groups is 2. The number of carbonyl (C=O) groups excluding carboxylic acids is 4. The molecule has 0 bridgehead atoms. The maximum atomic E-state index is 13.1. The standard InChI is InChI=1S/C81H158O17P2/c1-6-9-12-15-18-21-24-26-28-30-31-32-33-35-37-40-46-51-56-61-66-80(85)97-76(71-92-79(84)65-60-55-50-45-39-36-34-29-27-25-22-19-16-13-10-7-2)72-95-99(87,88)93-68-75(82)69-94-100(89,90)96-73-77(70-91-78(83)64-59-54-49-44-38-23-20-17-14-11-8-3)98-81(86)67-62-57-52-47-42-41-43-48-53-58-63-74(4)5/h74-77,82H,6-73H2,1-5H3,(H,87,88)(H,89,90)/t75-,76-,77-/m1/s1. The normalized spacial score (nSPS) is 13.8. The van der Waals surface area contributed by atoms with E-state index in [4.69, 9.17) is 37.0 Å². The minimum atomic E-state index is -4.96. The quantitative estimate of drug-likeness (QED) is 0.0222. The van der Waals surface area contributed by atoms with E-state index in [-0.39, 0.29) is 25.7 Å². The number of carbonyl (C=O) groups is 4. The highest BCUT2D eigenvalue weighted by molar-refractivity contribution is 7.47. The van der Waals surface area contributed by atoms with Crippen LogP contribution in [0.4, 0.5) is 0 Å². The van der Waals surface area contributed by atoms with Gasteiger partial charge in [0, 0.05) is 25.7 Å². The maximum Gasteiger partial charge on any atom is 0.472 e. The lowest BCUT2D eigenvalue weighted by Crippen LogP contribution is -2.30. The molecule has 100 heavy (non-hydrogen) atoms. The van der Waals surface area contributed by atoms with Gasteiger partial charge in [-0.15, -0.1) is 0 Å². The van der Waals surface area contributed by atoms with Crippen molar-refractivity contribution in [1.82, 2.24) is 0 Å². The lowest BCUT2D eigenvalue weighted by Gasteiger charge is -2.21. The van der Waals surface area contributed by atoms with Crippen LogP contribution in [0.2, 0.25) is 0 Å².